The van der Waals surface area contributed by atoms with Gasteiger partial charge in [0.25, 0.3) is 0 Å². The average molecular weight is 362 g/mol. The molecule has 8 nitrogen and oxygen atoms in total. The summed E-state index contributed by atoms with van der Waals surface area (Å²) in [5.74, 6) is 3.02. The SMILES string of the molecule is Cn1c(CN2CCC(C(=O)N3CCOCC3)CC2)nnc1C1CC(N)C1. The Labute approximate surface area is 154 Å². The Bertz CT molecular complexity index is 628. The van der Waals surface area contributed by atoms with Crippen molar-refractivity contribution in [1.29, 1.82) is 0 Å². The Morgan fingerprint density at radius 3 is 2.50 bits per heavy atom. The maximum Gasteiger partial charge on any atom is 0.225 e. The number of nitrogens with zero attached hydrogens (tertiary/aromatic N) is 5. The van der Waals surface area contributed by atoms with Crippen molar-refractivity contribution in [2.24, 2.45) is 18.7 Å². The number of rotatable bonds is 4. The molecule has 1 aromatic heterocycles. The molecule has 2 N–H and O–H groups in total. The molecular formula is C18H30N6O2. The Morgan fingerprint density at radius 2 is 1.85 bits per heavy atom. The fourth-order valence-electron chi connectivity index (χ4n) is 4.32. The number of likely N-dealkylation sites (tertiary alicyclic amines) is 1. The first-order valence-corrected chi connectivity index (χ1v) is 9.84. The van der Waals surface area contributed by atoms with E-state index in [-0.39, 0.29) is 5.92 Å². The first-order valence-electron chi connectivity index (χ1n) is 9.84. The van der Waals surface area contributed by atoms with Gasteiger partial charge >= 0.3 is 0 Å². The van der Waals surface area contributed by atoms with Crippen molar-refractivity contribution in [3.8, 4) is 0 Å². The summed E-state index contributed by atoms with van der Waals surface area (Å²) in [5, 5.41) is 8.81. The summed E-state index contributed by atoms with van der Waals surface area (Å²) in [6.07, 6.45) is 3.89. The Kier molecular flexibility index (Phi) is 5.24. The Morgan fingerprint density at radius 1 is 1.15 bits per heavy atom. The lowest BCUT2D eigenvalue weighted by Crippen LogP contribution is -2.46. The van der Waals surface area contributed by atoms with Gasteiger partial charge in [-0.25, -0.2) is 0 Å². The molecule has 3 heterocycles. The van der Waals surface area contributed by atoms with E-state index < -0.39 is 0 Å². The second-order valence-corrected chi connectivity index (χ2v) is 7.95. The number of carbonyl (C=O) groups is 1. The maximum atomic E-state index is 12.6. The fraction of sp³-hybridized carbons (Fsp3) is 0.833. The van der Waals surface area contributed by atoms with Crippen LogP contribution in [0.4, 0.5) is 0 Å². The van der Waals surface area contributed by atoms with Crippen LogP contribution in [0.5, 0.6) is 0 Å². The number of aromatic nitrogens is 3. The van der Waals surface area contributed by atoms with Crippen LogP contribution in [-0.4, -0.2) is 75.9 Å². The van der Waals surface area contributed by atoms with E-state index in [1.165, 1.54) is 0 Å². The van der Waals surface area contributed by atoms with Crippen LogP contribution in [0.2, 0.25) is 0 Å². The monoisotopic (exact) mass is 362 g/mol. The number of nitrogens with two attached hydrogens (primary N) is 1. The third-order valence-corrected chi connectivity index (χ3v) is 6.16. The van der Waals surface area contributed by atoms with Crippen LogP contribution < -0.4 is 5.73 Å². The number of carbonyl (C=O) groups excluding carboxylic acids is 1. The van der Waals surface area contributed by atoms with Crippen molar-refractivity contribution in [2.45, 2.75) is 44.2 Å². The molecule has 3 aliphatic rings. The lowest BCUT2D eigenvalue weighted by Gasteiger charge is -2.35. The standard InChI is InChI=1S/C18H30N6O2/c1-22-16(20-21-17(22)14-10-15(19)11-14)12-23-4-2-13(3-5-23)18(25)24-6-8-26-9-7-24/h13-15H,2-12,19H2,1H3. The van der Waals surface area contributed by atoms with Crippen molar-refractivity contribution in [3.05, 3.63) is 11.6 Å². The topological polar surface area (TPSA) is 89.5 Å². The third-order valence-electron chi connectivity index (χ3n) is 6.16. The Hall–Kier alpha value is -1.51. The lowest BCUT2D eigenvalue weighted by molar-refractivity contribution is -0.141. The predicted octanol–water partition coefficient (Wildman–Crippen LogP) is 0.0906. The highest BCUT2D eigenvalue weighted by Gasteiger charge is 2.33. The minimum atomic E-state index is 0.163. The van der Waals surface area contributed by atoms with E-state index >= 15 is 0 Å². The quantitative estimate of drug-likeness (QED) is 0.817. The van der Waals surface area contributed by atoms with Crippen molar-refractivity contribution in [3.63, 3.8) is 0 Å². The number of morpholine rings is 1. The smallest absolute Gasteiger partial charge is 0.225 e. The molecule has 3 fully saturated rings. The fourth-order valence-corrected chi connectivity index (χ4v) is 4.32. The molecule has 144 valence electrons. The van der Waals surface area contributed by atoms with E-state index in [1.54, 1.807) is 0 Å². The van der Waals surface area contributed by atoms with E-state index in [2.05, 4.69) is 26.7 Å². The minimum absolute atomic E-state index is 0.163. The van der Waals surface area contributed by atoms with Gasteiger partial charge in [0.1, 0.15) is 11.6 Å². The summed E-state index contributed by atoms with van der Waals surface area (Å²) in [6, 6.07) is 0.322. The van der Waals surface area contributed by atoms with Crippen molar-refractivity contribution in [1.82, 2.24) is 24.6 Å². The van der Waals surface area contributed by atoms with Crippen LogP contribution in [0.25, 0.3) is 0 Å². The molecule has 0 bridgehead atoms. The summed E-state index contributed by atoms with van der Waals surface area (Å²) in [5.41, 5.74) is 5.90. The van der Waals surface area contributed by atoms with Crippen LogP contribution in [0.1, 0.15) is 43.3 Å². The van der Waals surface area contributed by atoms with Crippen LogP contribution in [0.15, 0.2) is 0 Å². The molecule has 26 heavy (non-hydrogen) atoms. The largest absolute Gasteiger partial charge is 0.378 e. The molecule has 4 rings (SSSR count). The van der Waals surface area contributed by atoms with Crippen LogP contribution >= 0.6 is 0 Å². The van der Waals surface area contributed by atoms with E-state index in [9.17, 15) is 4.79 Å². The summed E-state index contributed by atoms with van der Waals surface area (Å²) in [6.45, 7) is 5.52. The van der Waals surface area contributed by atoms with E-state index in [0.717, 1.165) is 70.1 Å². The van der Waals surface area contributed by atoms with E-state index in [4.69, 9.17) is 10.5 Å². The predicted molar refractivity (Wildman–Crippen MR) is 96.4 cm³/mol. The summed E-state index contributed by atoms with van der Waals surface area (Å²) >= 11 is 0. The van der Waals surface area contributed by atoms with Gasteiger partial charge in [-0.05, 0) is 38.8 Å². The van der Waals surface area contributed by atoms with Gasteiger partial charge in [-0.1, -0.05) is 0 Å². The first-order chi connectivity index (χ1) is 12.6. The molecule has 2 aliphatic heterocycles. The van der Waals surface area contributed by atoms with Gasteiger partial charge in [-0.2, -0.15) is 0 Å². The molecule has 0 spiro atoms. The molecule has 0 unspecified atom stereocenters. The number of piperidine rings is 1. The number of amides is 1. The highest BCUT2D eigenvalue weighted by molar-refractivity contribution is 5.79. The van der Waals surface area contributed by atoms with Crippen LogP contribution in [-0.2, 0) is 23.1 Å². The number of hydrogen-bond acceptors (Lipinski definition) is 6. The number of ether oxygens (including phenoxy) is 1. The van der Waals surface area contributed by atoms with E-state index in [0.29, 0.717) is 31.1 Å². The van der Waals surface area contributed by atoms with Crippen LogP contribution in [0.3, 0.4) is 0 Å². The molecule has 0 radical (unpaired) electrons. The van der Waals surface area contributed by atoms with Gasteiger partial charge in [-0.15, -0.1) is 10.2 Å². The summed E-state index contributed by atoms with van der Waals surface area (Å²) in [4.78, 5) is 17.0. The summed E-state index contributed by atoms with van der Waals surface area (Å²) < 4.78 is 7.48. The van der Waals surface area contributed by atoms with Gasteiger partial charge < -0.3 is 19.9 Å². The zero-order valence-corrected chi connectivity index (χ0v) is 15.6. The molecule has 0 aromatic carbocycles. The second-order valence-electron chi connectivity index (χ2n) is 7.95. The molecule has 2 saturated heterocycles. The molecule has 1 aliphatic carbocycles. The molecule has 1 aromatic rings. The average Bonchev–Trinajstić information content (AvgIpc) is 3.00. The molecular weight excluding hydrogens is 332 g/mol. The Balaban J connectivity index is 1.28. The minimum Gasteiger partial charge on any atom is -0.378 e. The van der Waals surface area contributed by atoms with Gasteiger partial charge in [0.2, 0.25) is 5.91 Å². The van der Waals surface area contributed by atoms with Crippen molar-refractivity contribution in [2.75, 3.05) is 39.4 Å². The second kappa shape index (κ2) is 7.62. The molecule has 8 heteroatoms. The molecule has 0 atom stereocenters. The van der Waals surface area contributed by atoms with E-state index in [1.807, 2.05) is 4.90 Å². The zero-order chi connectivity index (χ0) is 18.1. The molecule has 1 saturated carbocycles. The third kappa shape index (κ3) is 3.63. The normalized spacial score (nSPS) is 28.2. The van der Waals surface area contributed by atoms with Gasteiger partial charge in [-0.3, -0.25) is 9.69 Å². The van der Waals surface area contributed by atoms with Gasteiger partial charge in [0.15, 0.2) is 0 Å². The van der Waals surface area contributed by atoms with Crippen molar-refractivity contribution >= 4 is 5.91 Å². The number of hydrogen-bond donors (Lipinski definition) is 1. The highest BCUT2D eigenvalue weighted by atomic mass is 16.5. The summed E-state index contributed by atoms with van der Waals surface area (Å²) in [7, 11) is 2.06. The maximum absolute atomic E-state index is 12.6. The highest BCUT2D eigenvalue weighted by Crippen LogP contribution is 2.34. The first kappa shape index (κ1) is 17.9. The van der Waals surface area contributed by atoms with Crippen LogP contribution in [0, 0.1) is 5.92 Å². The lowest BCUT2D eigenvalue weighted by atomic mass is 9.80. The van der Waals surface area contributed by atoms with Crippen molar-refractivity contribution < 1.29 is 9.53 Å². The zero-order valence-electron chi connectivity index (χ0n) is 15.6. The molecule has 1 amide bonds. The van der Waals surface area contributed by atoms with Gasteiger partial charge in [0, 0.05) is 38.0 Å². The van der Waals surface area contributed by atoms with Gasteiger partial charge in [0.05, 0.1) is 19.8 Å².